The molecule has 9 heteroatoms. The van der Waals surface area contributed by atoms with E-state index in [4.69, 9.17) is 4.42 Å². The third kappa shape index (κ3) is 3.88. The van der Waals surface area contributed by atoms with Crippen LogP contribution >= 0.6 is 23.1 Å². The molecule has 0 saturated heterocycles. The summed E-state index contributed by atoms with van der Waals surface area (Å²) in [5.74, 6) is 0.538. The van der Waals surface area contributed by atoms with E-state index in [-0.39, 0.29) is 17.4 Å². The Bertz CT molecular complexity index is 897. The number of nitrogens with zero attached hydrogens (tertiary/aromatic N) is 3. The highest BCUT2D eigenvalue weighted by Crippen LogP contribution is 2.30. The number of amides is 1. The Morgan fingerprint density at radius 1 is 1.23 bits per heavy atom. The molecule has 1 amide bonds. The third-order valence-electron chi connectivity index (χ3n) is 3.94. The van der Waals surface area contributed by atoms with Gasteiger partial charge in [-0.25, -0.2) is 4.98 Å². The Balaban J connectivity index is 1.33. The smallest absolute Gasteiger partial charge is 0.277 e. The van der Waals surface area contributed by atoms with Crippen LogP contribution in [0.2, 0.25) is 0 Å². The average Bonchev–Trinajstić information content (AvgIpc) is 3.27. The van der Waals surface area contributed by atoms with Gasteiger partial charge in [0.15, 0.2) is 5.13 Å². The lowest BCUT2D eigenvalue weighted by Gasteiger charge is -2.06. The van der Waals surface area contributed by atoms with E-state index in [1.807, 2.05) is 0 Å². The van der Waals surface area contributed by atoms with E-state index in [9.17, 15) is 9.90 Å². The minimum Gasteiger partial charge on any atom is -0.508 e. The van der Waals surface area contributed by atoms with Crippen molar-refractivity contribution in [2.24, 2.45) is 0 Å². The van der Waals surface area contributed by atoms with Gasteiger partial charge in [-0.3, -0.25) is 4.79 Å². The first-order valence-electron chi connectivity index (χ1n) is 8.21. The van der Waals surface area contributed by atoms with Crippen molar-refractivity contribution in [3.05, 3.63) is 34.8 Å². The highest BCUT2D eigenvalue weighted by Gasteiger charge is 2.17. The molecule has 0 radical (unpaired) electrons. The Morgan fingerprint density at radius 2 is 2.04 bits per heavy atom. The number of carbonyl (C=O) groups is 1. The number of aryl methyl sites for hydroxylation is 2. The highest BCUT2D eigenvalue weighted by molar-refractivity contribution is 7.99. The van der Waals surface area contributed by atoms with Crippen LogP contribution in [0.15, 0.2) is 33.9 Å². The van der Waals surface area contributed by atoms with Crippen molar-refractivity contribution in [2.75, 3.05) is 11.1 Å². The third-order valence-corrected chi connectivity index (χ3v) is 5.83. The number of aromatic nitrogens is 3. The van der Waals surface area contributed by atoms with E-state index in [0.717, 1.165) is 18.5 Å². The fourth-order valence-electron chi connectivity index (χ4n) is 2.68. The van der Waals surface area contributed by atoms with Gasteiger partial charge in [-0.1, -0.05) is 11.8 Å². The first kappa shape index (κ1) is 17.0. The lowest BCUT2D eigenvalue weighted by molar-refractivity contribution is -0.113. The van der Waals surface area contributed by atoms with Gasteiger partial charge in [0.2, 0.25) is 11.8 Å². The zero-order valence-corrected chi connectivity index (χ0v) is 15.4. The maximum absolute atomic E-state index is 12.1. The van der Waals surface area contributed by atoms with Crippen molar-refractivity contribution in [2.45, 2.75) is 30.9 Å². The van der Waals surface area contributed by atoms with Crippen LogP contribution in [0.25, 0.3) is 11.5 Å². The van der Waals surface area contributed by atoms with Gasteiger partial charge in [-0.2, -0.15) is 0 Å². The number of hydrogen-bond acceptors (Lipinski definition) is 8. The minimum absolute atomic E-state index is 0.148. The molecule has 26 heavy (non-hydrogen) atoms. The van der Waals surface area contributed by atoms with Gasteiger partial charge in [-0.15, -0.1) is 21.5 Å². The van der Waals surface area contributed by atoms with Crippen molar-refractivity contribution in [1.29, 1.82) is 0 Å². The van der Waals surface area contributed by atoms with Crippen LogP contribution in [-0.2, 0) is 17.6 Å². The molecule has 0 spiro atoms. The SMILES string of the molecule is O=C(CSc1nnc(-c2ccc(O)cc2)o1)Nc1nc2c(s1)CCCC2. The number of hydrogen-bond donors (Lipinski definition) is 2. The second-order valence-corrected chi connectivity index (χ2v) is 7.86. The minimum atomic E-state index is -0.148. The largest absolute Gasteiger partial charge is 0.508 e. The van der Waals surface area contributed by atoms with E-state index >= 15 is 0 Å². The van der Waals surface area contributed by atoms with Gasteiger partial charge in [0.05, 0.1) is 11.4 Å². The predicted octanol–water partition coefficient (Wildman–Crippen LogP) is 3.51. The number of rotatable bonds is 5. The maximum Gasteiger partial charge on any atom is 0.277 e. The predicted molar refractivity (Wildman–Crippen MR) is 99.5 cm³/mol. The lowest BCUT2D eigenvalue weighted by atomic mass is 10.0. The maximum atomic E-state index is 12.1. The van der Waals surface area contributed by atoms with Crippen LogP contribution in [0, 0.1) is 0 Å². The van der Waals surface area contributed by atoms with Crippen molar-refractivity contribution < 1.29 is 14.3 Å². The molecule has 1 aromatic carbocycles. The molecule has 0 aliphatic heterocycles. The monoisotopic (exact) mass is 388 g/mol. The molecule has 0 saturated carbocycles. The molecule has 0 atom stereocenters. The quantitative estimate of drug-likeness (QED) is 0.645. The second kappa shape index (κ2) is 7.46. The van der Waals surface area contributed by atoms with E-state index in [0.29, 0.717) is 21.8 Å². The molecule has 3 aromatic rings. The van der Waals surface area contributed by atoms with Crippen LogP contribution < -0.4 is 5.32 Å². The fourth-order valence-corrected chi connectivity index (χ4v) is 4.31. The summed E-state index contributed by atoms with van der Waals surface area (Å²) in [5, 5.41) is 21.0. The lowest BCUT2D eigenvalue weighted by Crippen LogP contribution is -2.13. The Kier molecular flexibility index (Phi) is 4.89. The summed E-state index contributed by atoms with van der Waals surface area (Å²) in [5.41, 5.74) is 1.83. The number of nitrogens with one attached hydrogen (secondary N) is 1. The molecule has 2 N–H and O–H groups in total. The summed E-state index contributed by atoms with van der Waals surface area (Å²) in [4.78, 5) is 17.9. The Labute approximate surface area is 157 Å². The molecule has 4 rings (SSSR count). The molecule has 7 nitrogen and oxygen atoms in total. The number of thiazole rings is 1. The Hall–Kier alpha value is -2.39. The van der Waals surface area contributed by atoms with E-state index in [1.54, 1.807) is 35.6 Å². The van der Waals surface area contributed by atoms with Gasteiger partial charge in [0.25, 0.3) is 5.22 Å². The normalized spacial score (nSPS) is 13.4. The molecule has 134 valence electrons. The molecule has 2 aromatic heterocycles. The summed E-state index contributed by atoms with van der Waals surface area (Å²) in [6.45, 7) is 0. The molecule has 0 unspecified atom stereocenters. The molecule has 2 heterocycles. The first-order valence-corrected chi connectivity index (χ1v) is 10.0. The number of phenols is 1. The van der Waals surface area contributed by atoms with Crippen molar-refractivity contribution >= 4 is 34.1 Å². The average molecular weight is 388 g/mol. The van der Waals surface area contributed by atoms with Gasteiger partial charge in [0.1, 0.15) is 5.75 Å². The standard InChI is InChI=1S/C17H16N4O3S2/c22-11-7-5-10(6-8-11)15-20-21-17(24-15)25-9-14(23)19-16-18-12-3-1-2-4-13(12)26-16/h5-8,22H,1-4,9H2,(H,18,19,23). The molecular weight excluding hydrogens is 372 g/mol. The summed E-state index contributed by atoms with van der Waals surface area (Å²) in [7, 11) is 0. The summed E-state index contributed by atoms with van der Waals surface area (Å²) >= 11 is 2.74. The van der Waals surface area contributed by atoms with Crippen LogP contribution in [0.5, 0.6) is 5.75 Å². The molecule has 1 aliphatic rings. The van der Waals surface area contributed by atoms with Crippen LogP contribution in [0.3, 0.4) is 0 Å². The number of thioether (sulfide) groups is 1. The molecule has 1 aliphatic carbocycles. The number of aromatic hydroxyl groups is 1. The molecule has 0 fully saturated rings. The highest BCUT2D eigenvalue weighted by atomic mass is 32.2. The van der Waals surface area contributed by atoms with Gasteiger partial charge >= 0.3 is 0 Å². The van der Waals surface area contributed by atoms with Gasteiger partial charge in [0, 0.05) is 10.4 Å². The van der Waals surface area contributed by atoms with E-state index in [1.165, 1.54) is 29.5 Å². The summed E-state index contributed by atoms with van der Waals surface area (Å²) < 4.78 is 5.54. The van der Waals surface area contributed by atoms with Crippen molar-refractivity contribution in [3.63, 3.8) is 0 Å². The number of fused-ring (bicyclic) bond motifs is 1. The number of phenolic OH excluding ortho intramolecular Hbond substituents is 1. The molecule has 0 bridgehead atoms. The fraction of sp³-hybridized carbons (Fsp3) is 0.294. The summed E-state index contributed by atoms with van der Waals surface area (Å²) in [6.07, 6.45) is 4.41. The van der Waals surface area contributed by atoms with Crippen LogP contribution in [-0.4, -0.2) is 31.9 Å². The molecular formula is C17H16N4O3S2. The second-order valence-electron chi connectivity index (χ2n) is 5.85. The van der Waals surface area contributed by atoms with E-state index < -0.39 is 0 Å². The van der Waals surface area contributed by atoms with Crippen molar-refractivity contribution in [1.82, 2.24) is 15.2 Å². The first-order chi connectivity index (χ1) is 12.7. The van der Waals surface area contributed by atoms with Crippen LogP contribution in [0.1, 0.15) is 23.4 Å². The van der Waals surface area contributed by atoms with Crippen molar-refractivity contribution in [3.8, 4) is 17.2 Å². The number of benzene rings is 1. The summed E-state index contributed by atoms with van der Waals surface area (Å²) in [6, 6.07) is 6.48. The number of carbonyl (C=O) groups excluding carboxylic acids is 1. The van der Waals surface area contributed by atoms with Crippen LogP contribution in [0.4, 0.5) is 5.13 Å². The zero-order chi connectivity index (χ0) is 17.9. The van der Waals surface area contributed by atoms with E-state index in [2.05, 4.69) is 20.5 Å². The zero-order valence-electron chi connectivity index (χ0n) is 13.8. The van der Waals surface area contributed by atoms with Gasteiger partial charge in [-0.05, 0) is 49.9 Å². The van der Waals surface area contributed by atoms with Gasteiger partial charge < -0.3 is 14.8 Å². The Morgan fingerprint density at radius 3 is 2.85 bits per heavy atom. The number of anilines is 1. The topological polar surface area (TPSA) is 101 Å².